The van der Waals surface area contributed by atoms with Crippen molar-refractivity contribution in [1.29, 1.82) is 0 Å². The van der Waals surface area contributed by atoms with Crippen LogP contribution in [0.4, 0.5) is 5.95 Å². The molecule has 0 aromatic carbocycles. The van der Waals surface area contributed by atoms with Crippen molar-refractivity contribution >= 4 is 5.95 Å². The zero-order valence-corrected chi connectivity index (χ0v) is 11.1. The van der Waals surface area contributed by atoms with Crippen molar-refractivity contribution in [2.45, 2.75) is 6.92 Å². The SMILES string of the molecule is CCNc1nc(-c2cnnn2C)nc(-n2ccnc2)n1. The number of aryl methyl sites for hydroxylation is 1. The molecule has 9 nitrogen and oxygen atoms in total. The predicted molar refractivity (Wildman–Crippen MR) is 71.1 cm³/mol. The molecule has 0 fully saturated rings. The molecule has 0 radical (unpaired) electrons. The number of hydrogen-bond donors (Lipinski definition) is 1. The lowest BCUT2D eigenvalue weighted by atomic mass is 10.4. The van der Waals surface area contributed by atoms with Gasteiger partial charge in [0.1, 0.15) is 12.0 Å². The molecule has 0 saturated heterocycles. The molecular weight excluding hydrogens is 258 g/mol. The van der Waals surface area contributed by atoms with Gasteiger partial charge in [0.2, 0.25) is 11.9 Å². The molecule has 0 saturated carbocycles. The van der Waals surface area contributed by atoms with Gasteiger partial charge in [0.25, 0.3) is 0 Å². The van der Waals surface area contributed by atoms with Gasteiger partial charge in [-0.1, -0.05) is 5.21 Å². The van der Waals surface area contributed by atoms with Crippen LogP contribution in [0, 0.1) is 0 Å². The zero-order chi connectivity index (χ0) is 13.9. The third kappa shape index (κ3) is 2.20. The van der Waals surface area contributed by atoms with Crippen LogP contribution in [0.2, 0.25) is 0 Å². The summed E-state index contributed by atoms with van der Waals surface area (Å²) in [5, 5.41) is 10.8. The Balaban J connectivity index is 2.12. The number of anilines is 1. The van der Waals surface area contributed by atoms with E-state index in [4.69, 9.17) is 0 Å². The molecule has 1 N–H and O–H groups in total. The molecule has 3 heterocycles. The summed E-state index contributed by atoms with van der Waals surface area (Å²) >= 11 is 0. The Hall–Kier alpha value is -2.84. The normalized spacial score (nSPS) is 10.7. The van der Waals surface area contributed by atoms with Gasteiger partial charge in [0.15, 0.2) is 5.82 Å². The molecule has 20 heavy (non-hydrogen) atoms. The number of nitrogens with one attached hydrogen (secondary N) is 1. The first-order valence-corrected chi connectivity index (χ1v) is 6.11. The number of imidazole rings is 1. The van der Waals surface area contributed by atoms with E-state index in [2.05, 4.69) is 35.6 Å². The fourth-order valence-electron chi connectivity index (χ4n) is 1.70. The van der Waals surface area contributed by atoms with Gasteiger partial charge in [0, 0.05) is 26.0 Å². The minimum Gasteiger partial charge on any atom is -0.354 e. The topological polar surface area (TPSA) is 99.2 Å². The van der Waals surface area contributed by atoms with E-state index < -0.39 is 0 Å². The van der Waals surface area contributed by atoms with Crippen molar-refractivity contribution in [2.24, 2.45) is 7.05 Å². The van der Waals surface area contributed by atoms with Crippen LogP contribution in [-0.2, 0) is 7.05 Å². The summed E-state index contributed by atoms with van der Waals surface area (Å²) in [5.74, 6) is 1.50. The van der Waals surface area contributed by atoms with E-state index in [0.717, 1.165) is 6.54 Å². The lowest BCUT2D eigenvalue weighted by Crippen LogP contribution is -2.10. The van der Waals surface area contributed by atoms with Crippen molar-refractivity contribution < 1.29 is 0 Å². The second-order valence-electron chi connectivity index (χ2n) is 4.03. The molecule has 0 aliphatic carbocycles. The molecule has 0 amide bonds. The van der Waals surface area contributed by atoms with E-state index in [9.17, 15) is 0 Å². The van der Waals surface area contributed by atoms with Crippen LogP contribution < -0.4 is 5.32 Å². The monoisotopic (exact) mass is 271 g/mol. The lowest BCUT2D eigenvalue weighted by molar-refractivity contribution is 0.716. The summed E-state index contributed by atoms with van der Waals surface area (Å²) in [7, 11) is 1.79. The van der Waals surface area contributed by atoms with Crippen molar-refractivity contribution in [3.63, 3.8) is 0 Å². The van der Waals surface area contributed by atoms with Crippen LogP contribution in [0.1, 0.15) is 6.92 Å². The van der Waals surface area contributed by atoms with E-state index in [1.165, 1.54) is 0 Å². The highest BCUT2D eigenvalue weighted by atomic mass is 15.4. The Morgan fingerprint density at radius 1 is 1.25 bits per heavy atom. The Morgan fingerprint density at radius 2 is 2.15 bits per heavy atom. The van der Waals surface area contributed by atoms with Gasteiger partial charge in [-0.3, -0.25) is 4.57 Å². The van der Waals surface area contributed by atoms with Gasteiger partial charge in [-0.15, -0.1) is 5.10 Å². The number of hydrogen-bond acceptors (Lipinski definition) is 7. The summed E-state index contributed by atoms with van der Waals surface area (Å²) in [5.41, 5.74) is 0.716. The molecular formula is C11H13N9. The smallest absolute Gasteiger partial charge is 0.240 e. The van der Waals surface area contributed by atoms with Crippen molar-refractivity contribution in [2.75, 3.05) is 11.9 Å². The Labute approximate surface area is 114 Å². The van der Waals surface area contributed by atoms with E-state index in [1.807, 2.05) is 6.92 Å². The Kier molecular flexibility index (Phi) is 3.07. The molecule has 0 atom stereocenters. The van der Waals surface area contributed by atoms with Crippen LogP contribution in [-0.4, -0.2) is 46.0 Å². The highest BCUT2D eigenvalue weighted by molar-refractivity contribution is 5.50. The standard InChI is InChI=1S/C11H13N9/c1-3-13-10-15-9(8-6-14-18-19(8)2)16-11(17-10)20-5-4-12-7-20/h4-7H,3H2,1-2H3,(H,13,15,16,17). The molecule has 3 aromatic heterocycles. The largest absolute Gasteiger partial charge is 0.354 e. The maximum atomic E-state index is 4.42. The molecule has 3 rings (SSSR count). The second kappa shape index (κ2) is 5.03. The van der Waals surface area contributed by atoms with Crippen LogP contribution in [0.15, 0.2) is 24.9 Å². The van der Waals surface area contributed by atoms with Gasteiger partial charge in [-0.05, 0) is 6.92 Å². The third-order valence-corrected chi connectivity index (χ3v) is 2.64. The first-order chi connectivity index (χ1) is 9.78. The molecule has 0 bridgehead atoms. The number of nitrogens with zero attached hydrogens (tertiary/aromatic N) is 8. The van der Waals surface area contributed by atoms with Gasteiger partial charge < -0.3 is 5.32 Å². The fourth-order valence-corrected chi connectivity index (χ4v) is 1.70. The quantitative estimate of drug-likeness (QED) is 0.727. The maximum absolute atomic E-state index is 4.42. The average molecular weight is 271 g/mol. The minimum absolute atomic E-state index is 0.490. The highest BCUT2D eigenvalue weighted by Crippen LogP contribution is 2.15. The van der Waals surface area contributed by atoms with Crippen LogP contribution >= 0.6 is 0 Å². The highest BCUT2D eigenvalue weighted by Gasteiger charge is 2.12. The summed E-state index contributed by atoms with van der Waals surface area (Å²) in [6.07, 6.45) is 6.69. The number of rotatable bonds is 4. The lowest BCUT2D eigenvalue weighted by Gasteiger charge is -2.07. The van der Waals surface area contributed by atoms with Gasteiger partial charge in [0.05, 0.1) is 6.20 Å². The average Bonchev–Trinajstić information content (AvgIpc) is 3.09. The first kappa shape index (κ1) is 12.2. The van der Waals surface area contributed by atoms with Gasteiger partial charge in [-0.25, -0.2) is 9.67 Å². The van der Waals surface area contributed by atoms with Gasteiger partial charge >= 0.3 is 0 Å². The summed E-state index contributed by atoms with van der Waals surface area (Å²) in [6, 6.07) is 0. The minimum atomic E-state index is 0.490. The third-order valence-electron chi connectivity index (χ3n) is 2.64. The van der Waals surface area contributed by atoms with E-state index >= 15 is 0 Å². The van der Waals surface area contributed by atoms with Crippen LogP contribution in [0.3, 0.4) is 0 Å². The molecule has 0 unspecified atom stereocenters. The van der Waals surface area contributed by atoms with E-state index in [1.54, 1.807) is 41.2 Å². The molecule has 3 aromatic rings. The van der Waals surface area contributed by atoms with Crippen LogP contribution in [0.5, 0.6) is 0 Å². The van der Waals surface area contributed by atoms with Gasteiger partial charge in [-0.2, -0.15) is 15.0 Å². The molecule has 0 spiro atoms. The molecule has 0 aliphatic rings. The van der Waals surface area contributed by atoms with Crippen molar-refractivity contribution in [3.05, 3.63) is 24.9 Å². The second-order valence-corrected chi connectivity index (χ2v) is 4.03. The Morgan fingerprint density at radius 3 is 2.80 bits per heavy atom. The summed E-state index contributed by atoms with van der Waals surface area (Å²) < 4.78 is 3.33. The van der Waals surface area contributed by atoms with Crippen molar-refractivity contribution in [3.8, 4) is 17.5 Å². The fraction of sp³-hybridized carbons (Fsp3) is 0.273. The Bertz CT molecular complexity index is 701. The molecule has 102 valence electrons. The summed E-state index contributed by atoms with van der Waals surface area (Å²) in [4.78, 5) is 17.1. The maximum Gasteiger partial charge on any atom is 0.240 e. The number of aromatic nitrogens is 8. The van der Waals surface area contributed by atoms with E-state index in [0.29, 0.717) is 23.4 Å². The summed E-state index contributed by atoms with van der Waals surface area (Å²) in [6.45, 7) is 2.70. The van der Waals surface area contributed by atoms with Crippen molar-refractivity contribution in [1.82, 2.24) is 39.5 Å². The molecule has 0 aliphatic heterocycles. The predicted octanol–water partition coefficient (Wildman–Crippen LogP) is 0.285. The zero-order valence-electron chi connectivity index (χ0n) is 11.1. The molecule has 9 heteroatoms. The van der Waals surface area contributed by atoms with E-state index in [-0.39, 0.29) is 0 Å². The van der Waals surface area contributed by atoms with Crippen LogP contribution in [0.25, 0.3) is 17.5 Å². The first-order valence-electron chi connectivity index (χ1n) is 6.11.